The van der Waals surface area contributed by atoms with Crippen LogP contribution < -0.4 is 5.73 Å². The zero-order valence-corrected chi connectivity index (χ0v) is 13.8. The fourth-order valence-corrected chi connectivity index (χ4v) is 3.23. The Bertz CT molecular complexity index is 450. The minimum Gasteiger partial charge on any atom is -0.392 e. The van der Waals surface area contributed by atoms with Crippen molar-refractivity contribution in [2.24, 2.45) is 5.73 Å². The smallest absolute Gasteiger partial charge is 0.237 e. The number of hydrogen-bond acceptors (Lipinski definition) is 3. The van der Waals surface area contributed by atoms with Gasteiger partial charge in [-0.1, -0.05) is 49.5 Å². The van der Waals surface area contributed by atoms with Crippen molar-refractivity contribution in [3.8, 4) is 0 Å². The molecule has 2 unspecified atom stereocenters. The third-order valence-corrected chi connectivity index (χ3v) is 4.34. The maximum absolute atomic E-state index is 12.7. The highest BCUT2D eigenvalue weighted by Crippen LogP contribution is 2.21. The van der Waals surface area contributed by atoms with Gasteiger partial charge in [-0.2, -0.15) is 11.8 Å². The van der Waals surface area contributed by atoms with E-state index in [1.807, 2.05) is 43.6 Å². The van der Waals surface area contributed by atoms with Gasteiger partial charge in [-0.05, 0) is 18.2 Å². The summed E-state index contributed by atoms with van der Waals surface area (Å²) < 4.78 is 0. The SMILES string of the molecule is CCC(CSC)N(C)C(=O)C(C(N)=S)c1ccccc1. The molecule has 0 aromatic heterocycles. The van der Waals surface area contributed by atoms with Crippen LogP contribution >= 0.6 is 24.0 Å². The van der Waals surface area contributed by atoms with Gasteiger partial charge in [0.05, 0.1) is 4.99 Å². The van der Waals surface area contributed by atoms with E-state index in [1.165, 1.54) is 0 Å². The molecule has 3 nitrogen and oxygen atoms in total. The summed E-state index contributed by atoms with van der Waals surface area (Å²) in [5.74, 6) is 0.356. The molecule has 110 valence electrons. The Balaban J connectivity index is 2.98. The Labute approximate surface area is 130 Å². The summed E-state index contributed by atoms with van der Waals surface area (Å²) in [4.78, 5) is 14.7. The molecule has 0 saturated carbocycles. The molecule has 0 radical (unpaired) electrons. The zero-order valence-electron chi connectivity index (χ0n) is 12.2. The number of nitrogens with zero attached hydrogens (tertiary/aromatic N) is 1. The summed E-state index contributed by atoms with van der Waals surface area (Å²) in [6.07, 6.45) is 2.96. The average Bonchev–Trinajstić information content (AvgIpc) is 2.44. The van der Waals surface area contributed by atoms with Gasteiger partial charge in [0.15, 0.2) is 0 Å². The molecule has 0 aliphatic heterocycles. The van der Waals surface area contributed by atoms with Crippen LogP contribution in [0.4, 0.5) is 0 Å². The molecule has 1 rings (SSSR count). The number of carbonyl (C=O) groups excluding carboxylic acids is 1. The maximum atomic E-state index is 12.7. The predicted octanol–water partition coefficient (Wildman–Crippen LogP) is 2.66. The van der Waals surface area contributed by atoms with E-state index in [1.54, 1.807) is 16.7 Å². The van der Waals surface area contributed by atoms with Crippen LogP contribution in [0.5, 0.6) is 0 Å². The van der Waals surface area contributed by atoms with Gasteiger partial charge in [-0.15, -0.1) is 0 Å². The second-order valence-corrected chi connectivity index (χ2v) is 6.09. The lowest BCUT2D eigenvalue weighted by atomic mass is 9.97. The summed E-state index contributed by atoms with van der Waals surface area (Å²) in [5.41, 5.74) is 6.66. The number of thioether (sulfide) groups is 1. The van der Waals surface area contributed by atoms with E-state index in [9.17, 15) is 4.79 Å². The maximum Gasteiger partial charge on any atom is 0.237 e. The van der Waals surface area contributed by atoms with Crippen LogP contribution in [0.2, 0.25) is 0 Å². The van der Waals surface area contributed by atoms with Gasteiger partial charge in [0, 0.05) is 18.8 Å². The van der Waals surface area contributed by atoms with Crippen LogP contribution in [-0.2, 0) is 4.79 Å². The molecule has 0 fully saturated rings. The van der Waals surface area contributed by atoms with Crippen molar-refractivity contribution in [1.82, 2.24) is 4.90 Å². The van der Waals surface area contributed by atoms with E-state index >= 15 is 0 Å². The lowest BCUT2D eigenvalue weighted by Crippen LogP contribution is -2.44. The molecule has 0 saturated heterocycles. The molecule has 5 heteroatoms. The highest BCUT2D eigenvalue weighted by atomic mass is 32.2. The van der Waals surface area contributed by atoms with Crippen molar-refractivity contribution < 1.29 is 4.79 Å². The van der Waals surface area contributed by atoms with Crippen molar-refractivity contribution in [3.05, 3.63) is 35.9 Å². The second-order valence-electron chi connectivity index (χ2n) is 4.71. The first-order valence-electron chi connectivity index (χ1n) is 6.62. The lowest BCUT2D eigenvalue weighted by molar-refractivity contribution is -0.131. The Morgan fingerprint density at radius 1 is 1.40 bits per heavy atom. The Kier molecular flexibility index (Phi) is 7.02. The Morgan fingerprint density at radius 3 is 2.45 bits per heavy atom. The average molecular weight is 310 g/mol. The summed E-state index contributed by atoms with van der Waals surface area (Å²) in [6.45, 7) is 2.09. The summed E-state index contributed by atoms with van der Waals surface area (Å²) >= 11 is 6.84. The molecular weight excluding hydrogens is 288 g/mol. The van der Waals surface area contributed by atoms with E-state index in [0.29, 0.717) is 0 Å². The Hall–Kier alpha value is -1.07. The molecule has 0 aliphatic carbocycles. The van der Waals surface area contributed by atoms with E-state index in [4.69, 9.17) is 18.0 Å². The zero-order chi connectivity index (χ0) is 15.1. The summed E-state index contributed by atoms with van der Waals surface area (Å²) in [6, 6.07) is 9.70. The van der Waals surface area contributed by atoms with E-state index in [0.717, 1.165) is 17.7 Å². The normalized spacial score (nSPS) is 13.6. The number of rotatable bonds is 7. The number of thiocarbonyl (C=S) groups is 1. The van der Waals surface area contributed by atoms with Crippen LogP contribution in [0.15, 0.2) is 30.3 Å². The molecule has 1 amide bonds. The molecule has 20 heavy (non-hydrogen) atoms. The number of carbonyl (C=O) groups is 1. The molecule has 2 N–H and O–H groups in total. The van der Waals surface area contributed by atoms with Gasteiger partial charge in [-0.3, -0.25) is 4.79 Å². The number of amides is 1. The van der Waals surface area contributed by atoms with Gasteiger partial charge in [0.25, 0.3) is 0 Å². The molecule has 0 bridgehead atoms. The van der Waals surface area contributed by atoms with Gasteiger partial charge in [0.2, 0.25) is 5.91 Å². The van der Waals surface area contributed by atoms with Crippen molar-refractivity contribution in [1.29, 1.82) is 0 Å². The predicted molar refractivity (Wildman–Crippen MR) is 91.2 cm³/mol. The summed E-state index contributed by atoms with van der Waals surface area (Å²) in [5, 5.41) is 0. The molecule has 0 spiro atoms. The second kappa shape index (κ2) is 8.27. The highest BCUT2D eigenvalue weighted by Gasteiger charge is 2.29. The molecular formula is C15H22N2OS2. The first-order valence-corrected chi connectivity index (χ1v) is 8.43. The van der Waals surface area contributed by atoms with Crippen molar-refractivity contribution in [2.75, 3.05) is 19.1 Å². The first kappa shape index (κ1) is 17.0. The topological polar surface area (TPSA) is 46.3 Å². The minimum absolute atomic E-state index is 0.0235. The van der Waals surface area contributed by atoms with E-state index in [-0.39, 0.29) is 16.9 Å². The molecule has 1 aromatic carbocycles. The van der Waals surface area contributed by atoms with Crippen LogP contribution in [0.25, 0.3) is 0 Å². The lowest BCUT2D eigenvalue weighted by Gasteiger charge is -2.30. The minimum atomic E-state index is -0.535. The van der Waals surface area contributed by atoms with Gasteiger partial charge >= 0.3 is 0 Å². The summed E-state index contributed by atoms with van der Waals surface area (Å²) in [7, 11) is 1.83. The third kappa shape index (κ3) is 4.21. The number of hydrogen-bond donors (Lipinski definition) is 1. The van der Waals surface area contributed by atoms with Gasteiger partial charge < -0.3 is 10.6 Å². The quantitative estimate of drug-likeness (QED) is 0.787. The van der Waals surface area contributed by atoms with E-state index in [2.05, 4.69) is 6.92 Å². The standard InChI is InChI=1S/C15H22N2OS2/c1-4-12(10-20-3)17(2)15(18)13(14(16)19)11-8-6-5-7-9-11/h5-9,12-13H,4,10H2,1-3H3,(H2,16,19). The van der Waals surface area contributed by atoms with Gasteiger partial charge in [0.1, 0.15) is 5.92 Å². The number of nitrogens with two attached hydrogens (primary N) is 1. The number of likely N-dealkylation sites (N-methyl/N-ethyl adjacent to an activating group) is 1. The third-order valence-electron chi connectivity index (χ3n) is 3.39. The monoisotopic (exact) mass is 310 g/mol. The fourth-order valence-electron chi connectivity index (χ4n) is 2.15. The van der Waals surface area contributed by atoms with Gasteiger partial charge in [-0.25, -0.2) is 0 Å². The molecule has 0 aliphatic rings. The molecule has 0 heterocycles. The van der Waals surface area contributed by atoms with Crippen LogP contribution in [0, 0.1) is 0 Å². The molecule has 1 aromatic rings. The van der Waals surface area contributed by atoms with Crippen LogP contribution in [-0.4, -0.2) is 40.9 Å². The highest BCUT2D eigenvalue weighted by molar-refractivity contribution is 7.98. The fraction of sp³-hybridized carbons (Fsp3) is 0.467. The van der Waals surface area contributed by atoms with E-state index < -0.39 is 5.92 Å². The number of benzene rings is 1. The Morgan fingerprint density at radius 2 is 2.00 bits per heavy atom. The molecule has 2 atom stereocenters. The van der Waals surface area contributed by atoms with Crippen molar-refractivity contribution >= 4 is 34.9 Å². The van der Waals surface area contributed by atoms with Crippen molar-refractivity contribution in [2.45, 2.75) is 25.3 Å². The largest absolute Gasteiger partial charge is 0.392 e. The van der Waals surface area contributed by atoms with Crippen LogP contribution in [0.1, 0.15) is 24.8 Å². The van der Waals surface area contributed by atoms with Crippen LogP contribution in [0.3, 0.4) is 0 Å². The first-order chi connectivity index (χ1) is 9.52. The van der Waals surface area contributed by atoms with Crippen molar-refractivity contribution in [3.63, 3.8) is 0 Å².